The number of carbonyl (C=O) groups excluding carboxylic acids is 2. The molecule has 2 heterocycles. The maximum atomic E-state index is 12.4. The molecule has 9 heteroatoms. The molecule has 0 aliphatic rings. The van der Waals surface area contributed by atoms with Crippen molar-refractivity contribution in [3.8, 4) is 0 Å². The Kier molecular flexibility index (Phi) is 6.46. The number of pyridine rings is 1. The molecular formula is C23H20BrN5O3. The minimum atomic E-state index is -0.231. The van der Waals surface area contributed by atoms with Gasteiger partial charge < -0.3 is 10.6 Å². The number of halogens is 1. The largest absolute Gasteiger partial charge is 0.352 e. The van der Waals surface area contributed by atoms with Crippen LogP contribution in [-0.4, -0.2) is 32.5 Å². The topological polar surface area (TPSA) is 97.5 Å². The van der Waals surface area contributed by atoms with Crippen LogP contribution in [0, 0.1) is 0 Å². The highest BCUT2D eigenvalue weighted by atomic mass is 79.9. The van der Waals surface area contributed by atoms with Crippen LogP contribution in [0.3, 0.4) is 0 Å². The van der Waals surface area contributed by atoms with Gasteiger partial charge in [0.05, 0.1) is 6.54 Å². The van der Waals surface area contributed by atoms with E-state index in [9.17, 15) is 14.4 Å². The molecule has 32 heavy (non-hydrogen) atoms. The van der Waals surface area contributed by atoms with Gasteiger partial charge in [-0.2, -0.15) is 0 Å². The summed E-state index contributed by atoms with van der Waals surface area (Å²) in [6, 6.07) is 19.6. The molecule has 0 aliphatic heterocycles. The van der Waals surface area contributed by atoms with Crippen LogP contribution in [0.4, 0.5) is 5.69 Å². The molecule has 0 atom stereocenters. The molecule has 8 nitrogen and oxygen atoms in total. The van der Waals surface area contributed by atoms with Gasteiger partial charge in [0.2, 0.25) is 5.91 Å². The first-order chi connectivity index (χ1) is 15.5. The van der Waals surface area contributed by atoms with E-state index in [-0.39, 0.29) is 37.0 Å². The Hall–Kier alpha value is -3.72. The van der Waals surface area contributed by atoms with E-state index in [4.69, 9.17) is 0 Å². The van der Waals surface area contributed by atoms with Gasteiger partial charge in [-0.1, -0.05) is 34.1 Å². The van der Waals surface area contributed by atoms with Crippen molar-refractivity contribution in [1.82, 2.24) is 19.5 Å². The Labute approximate surface area is 192 Å². The summed E-state index contributed by atoms with van der Waals surface area (Å²) < 4.78 is 3.75. The summed E-state index contributed by atoms with van der Waals surface area (Å²) in [5.41, 5.74) is 2.33. The summed E-state index contributed by atoms with van der Waals surface area (Å²) in [7, 11) is 0. The molecule has 2 N–H and O–H groups in total. The number of benzene rings is 2. The number of carbonyl (C=O) groups is 2. The number of rotatable bonds is 7. The third-order valence-corrected chi connectivity index (χ3v) is 5.30. The van der Waals surface area contributed by atoms with E-state index in [0.29, 0.717) is 16.9 Å². The van der Waals surface area contributed by atoms with Gasteiger partial charge in [0.1, 0.15) is 0 Å². The van der Waals surface area contributed by atoms with Gasteiger partial charge >= 0.3 is 5.69 Å². The van der Waals surface area contributed by atoms with E-state index in [1.165, 1.54) is 9.08 Å². The van der Waals surface area contributed by atoms with Crippen molar-refractivity contribution in [3.63, 3.8) is 0 Å². The number of nitrogens with one attached hydrogen (secondary N) is 2. The highest BCUT2D eigenvalue weighted by Crippen LogP contribution is 2.12. The lowest BCUT2D eigenvalue weighted by molar-refractivity contribution is -0.116. The second kappa shape index (κ2) is 9.61. The first-order valence-corrected chi connectivity index (χ1v) is 10.8. The van der Waals surface area contributed by atoms with Crippen LogP contribution in [0.1, 0.15) is 22.3 Å². The molecular weight excluding hydrogens is 474 g/mol. The van der Waals surface area contributed by atoms with Gasteiger partial charge in [0, 0.05) is 34.9 Å². The number of hydrogen-bond acceptors (Lipinski definition) is 4. The lowest BCUT2D eigenvalue weighted by Crippen LogP contribution is -2.27. The van der Waals surface area contributed by atoms with E-state index in [2.05, 4.69) is 31.7 Å². The van der Waals surface area contributed by atoms with Gasteiger partial charge in [-0.25, -0.2) is 9.48 Å². The predicted molar refractivity (Wildman–Crippen MR) is 125 cm³/mol. The van der Waals surface area contributed by atoms with Crippen molar-refractivity contribution in [2.24, 2.45) is 0 Å². The maximum Gasteiger partial charge on any atom is 0.350 e. The lowest BCUT2D eigenvalue weighted by Gasteiger charge is -2.08. The van der Waals surface area contributed by atoms with Gasteiger partial charge in [0.25, 0.3) is 5.91 Å². The Morgan fingerprint density at radius 2 is 1.81 bits per heavy atom. The maximum absolute atomic E-state index is 12.4. The van der Waals surface area contributed by atoms with E-state index < -0.39 is 0 Å². The molecule has 162 valence electrons. The molecule has 4 rings (SSSR count). The molecule has 2 amide bonds. The number of anilines is 1. The van der Waals surface area contributed by atoms with Crippen LogP contribution in [0.25, 0.3) is 5.65 Å². The molecule has 2 aromatic heterocycles. The monoisotopic (exact) mass is 493 g/mol. The Morgan fingerprint density at radius 3 is 2.59 bits per heavy atom. The zero-order valence-electron chi connectivity index (χ0n) is 17.0. The van der Waals surface area contributed by atoms with Crippen molar-refractivity contribution in [2.75, 3.05) is 11.9 Å². The lowest BCUT2D eigenvalue weighted by atomic mass is 10.2. The molecule has 0 spiro atoms. The standard InChI is InChI=1S/C23H20BrN5O3/c24-18-9-7-17(8-10-18)22(31)25-12-11-21(30)26-19-5-3-4-16(14-19)15-29-23(32)28-13-2-1-6-20(28)27-29/h1-10,13-14H,11-12,15H2,(H,25,31)(H,26,30). The zero-order valence-corrected chi connectivity index (χ0v) is 18.6. The van der Waals surface area contributed by atoms with Crippen LogP contribution in [-0.2, 0) is 11.3 Å². The molecule has 0 radical (unpaired) electrons. The fourth-order valence-electron chi connectivity index (χ4n) is 3.21. The molecule has 0 bridgehead atoms. The summed E-state index contributed by atoms with van der Waals surface area (Å²) in [5, 5.41) is 9.88. The van der Waals surface area contributed by atoms with Crippen molar-refractivity contribution in [2.45, 2.75) is 13.0 Å². The smallest absolute Gasteiger partial charge is 0.350 e. The van der Waals surface area contributed by atoms with Crippen molar-refractivity contribution < 1.29 is 9.59 Å². The Bertz CT molecular complexity index is 1330. The Balaban J connectivity index is 1.32. The summed E-state index contributed by atoms with van der Waals surface area (Å²) >= 11 is 3.33. The number of nitrogens with zero attached hydrogens (tertiary/aromatic N) is 3. The minimum absolute atomic E-state index is 0.137. The fraction of sp³-hybridized carbons (Fsp3) is 0.130. The van der Waals surface area contributed by atoms with Crippen LogP contribution in [0.2, 0.25) is 0 Å². The first kappa shape index (κ1) is 21.5. The second-order valence-corrected chi connectivity index (χ2v) is 8.05. The normalized spacial score (nSPS) is 10.8. The van der Waals surface area contributed by atoms with Gasteiger partial charge in [0.15, 0.2) is 5.65 Å². The quantitative estimate of drug-likeness (QED) is 0.413. The third-order valence-electron chi connectivity index (χ3n) is 4.78. The molecule has 0 unspecified atom stereocenters. The molecule has 0 aliphatic carbocycles. The minimum Gasteiger partial charge on any atom is -0.352 e. The van der Waals surface area contributed by atoms with Crippen molar-refractivity contribution >= 4 is 39.1 Å². The number of hydrogen-bond donors (Lipinski definition) is 2. The van der Waals surface area contributed by atoms with E-state index in [1.54, 1.807) is 60.8 Å². The molecule has 0 saturated carbocycles. The summed E-state index contributed by atoms with van der Waals surface area (Å²) in [4.78, 5) is 36.8. The highest BCUT2D eigenvalue weighted by Gasteiger charge is 2.09. The first-order valence-electron chi connectivity index (χ1n) is 9.96. The van der Waals surface area contributed by atoms with E-state index in [1.807, 2.05) is 12.1 Å². The number of aromatic nitrogens is 3. The summed E-state index contributed by atoms with van der Waals surface area (Å²) in [5.74, 6) is -0.451. The number of amides is 2. The van der Waals surface area contributed by atoms with E-state index in [0.717, 1.165) is 10.0 Å². The third kappa shape index (κ3) is 5.12. The van der Waals surface area contributed by atoms with Crippen LogP contribution < -0.4 is 16.3 Å². The molecule has 2 aromatic carbocycles. The average molecular weight is 494 g/mol. The highest BCUT2D eigenvalue weighted by molar-refractivity contribution is 9.10. The Morgan fingerprint density at radius 1 is 1.00 bits per heavy atom. The van der Waals surface area contributed by atoms with Crippen molar-refractivity contribution in [1.29, 1.82) is 0 Å². The molecule has 4 aromatic rings. The number of fused-ring (bicyclic) bond motifs is 1. The van der Waals surface area contributed by atoms with Gasteiger partial charge in [-0.05, 0) is 54.1 Å². The zero-order chi connectivity index (χ0) is 22.5. The molecule has 0 saturated heterocycles. The van der Waals surface area contributed by atoms with Gasteiger partial charge in [-0.15, -0.1) is 5.10 Å². The average Bonchev–Trinajstić information content (AvgIpc) is 3.10. The van der Waals surface area contributed by atoms with Gasteiger partial charge in [-0.3, -0.25) is 14.0 Å². The van der Waals surface area contributed by atoms with Crippen LogP contribution in [0.5, 0.6) is 0 Å². The van der Waals surface area contributed by atoms with Crippen LogP contribution in [0.15, 0.2) is 82.2 Å². The molecule has 0 fully saturated rings. The second-order valence-electron chi connectivity index (χ2n) is 7.13. The van der Waals surface area contributed by atoms with Crippen LogP contribution >= 0.6 is 15.9 Å². The van der Waals surface area contributed by atoms with Crippen molar-refractivity contribution in [3.05, 3.63) is 99.0 Å². The fourth-order valence-corrected chi connectivity index (χ4v) is 3.47. The SMILES string of the molecule is O=C(CCNC(=O)c1ccc(Br)cc1)Nc1cccc(Cn2nc3ccccn3c2=O)c1. The predicted octanol–water partition coefficient (Wildman–Crippen LogP) is 3.07. The summed E-state index contributed by atoms with van der Waals surface area (Å²) in [6.45, 7) is 0.504. The summed E-state index contributed by atoms with van der Waals surface area (Å²) in [6.07, 6.45) is 1.81. The van der Waals surface area contributed by atoms with E-state index >= 15 is 0 Å².